The van der Waals surface area contributed by atoms with Crippen LogP contribution in [0.15, 0.2) is 0 Å². The van der Waals surface area contributed by atoms with Gasteiger partial charge in [0, 0.05) is 13.8 Å². The van der Waals surface area contributed by atoms with Crippen LogP contribution in [0, 0.1) is 0 Å². The van der Waals surface area contributed by atoms with Crippen LogP contribution in [0.5, 0.6) is 0 Å². The summed E-state index contributed by atoms with van der Waals surface area (Å²) in [4.78, 5) is 33.2. The van der Waals surface area contributed by atoms with Crippen molar-refractivity contribution >= 4 is 18.2 Å². The summed E-state index contributed by atoms with van der Waals surface area (Å²) in [6.07, 6.45) is -5.07. The van der Waals surface area contributed by atoms with Gasteiger partial charge in [-0.25, -0.2) is 0 Å². The van der Waals surface area contributed by atoms with Crippen LogP contribution >= 0.6 is 0 Å². The fourth-order valence-electron chi connectivity index (χ4n) is 1.85. The van der Waals surface area contributed by atoms with E-state index in [1.807, 2.05) is 0 Å². The minimum atomic E-state index is -1.36. The number of rotatable bonds is 5. The molecule has 0 radical (unpaired) electrons. The largest absolute Gasteiger partial charge is 0.455 e. The molecule has 1 unspecified atom stereocenters. The molecule has 0 aromatic heterocycles. The fraction of sp³-hybridized carbons (Fsp3) is 0.750. The molecular weight excluding hydrogens is 272 g/mol. The van der Waals surface area contributed by atoms with Crippen LogP contribution in [0.2, 0.25) is 0 Å². The van der Waals surface area contributed by atoms with E-state index in [1.54, 1.807) is 6.92 Å². The summed E-state index contributed by atoms with van der Waals surface area (Å²) in [5.41, 5.74) is 0. The Balaban J connectivity index is 2.93. The van der Waals surface area contributed by atoms with Crippen LogP contribution in [-0.2, 0) is 33.3 Å². The molecule has 8 heteroatoms. The van der Waals surface area contributed by atoms with Crippen molar-refractivity contribution in [2.75, 3.05) is 6.61 Å². The Hall–Kier alpha value is -1.51. The Kier molecular flexibility index (Phi) is 6.05. The van der Waals surface area contributed by atoms with Crippen molar-refractivity contribution in [2.24, 2.45) is 0 Å². The van der Waals surface area contributed by atoms with Crippen LogP contribution in [0.1, 0.15) is 20.8 Å². The first-order valence-corrected chi connectivity index (χ1v) is 6.10. The molecule has 8 nitrogen and oxygen atoms in total. The van der Waals surface area contributed by atoms with Gasteiger partial charge in [-0.1, -0.05) is 0 Å². The summed E-state index contributed by atoms with van der Waals surface area (Å²) in [5, 5.41) is 9.85. The second-order valence-electron chi connectivity index (χ2n) is 4.35. The van der Waals surface area contributed by atoms with Crippen molar-refractivity contribution in [3.8, 4) is 0 Å². The van der Waals surface area contributed by atoms with Gasteiger partial charge >= 0.3 is 11.9 Å². The molecule has 1 rings (SSSR count). The van der Waals surface area contributed by atoms with Gasteiger partial charge in [0.1, 0.15) is 12.2 Å². The molecule has 0 bridgehead atoms. The van der Waals surface area contributed by atoms with Gasteiger partial charge in [-0.05, 0) is 6.92 Å². The van der Waals surface area contributed by atoms with Gasteiger partial charge in [0.05, 0.1) is 6.61 Å². The molecule has 0 aromatic rings. The number of hydrogen-bond acceptors (Lipinski definition) is 8. The van der Waals surface area contributed by atoms with E-state index >= 15 is 0 Å². The average molecular weight is 290 g/mol. The highest BCUT2D eigenvalue weighted by Crippen LogP contribution is 2.21. The SMILES string of the molecule is CC(=O)O[C@@H]([C@@H]1OC(C)OC[C@H]1O)[C@H](C=O)OC(C)=O. The maximum atomic E-state index is 11.1. The third kappa shape index (κ3) is 4.55. The van der Waals surface area contributed by atoms with Gasteiger partial charge < -0.3 is 24.1 Å². The van der Waals surface area contributed by atoms with E-state index in [0.29, 0.717) is 6.29 Å². The zero-order chi connectivity index (χ0) is 15.3. The second kappa shape index (κ2) is 7.32. The smallest absolute Gasteiger partial charge is 0.303 e. The molecule has 0 saturated carbocycles. The van der Waals surface area contributed by atoms with Crippen molar-refractivity contribution in [3.05, 3.63) is 0 Å². The third-order valence-electron chi connectivity index (χ3n) is 2.62. The predicted molar refractivity (Wildman–Crippen MR) is 63.5 cm³/mol. The lowest BCUT2D eigenvalue weighted by Crippen LogP contribution is -2.55. The zero-order valence-electron chi connectivity index (χ0n) is 11.5. The van der Waals surface area contributed by atoms with E-state index in [-0.39, 0.29) is 6.61 Å². The lowest BCUT2D eigenvalue weighted by Gasteiger charge is -2.37. The number of aliphatic hydroxyl groups is 1. The van der Waals surface area contributed by atoms with Gasteiger partial charge in [-0.3, -0.25) is 14.4 Å². The first-order valence-electron chi connectivity index (χ1n) is 6.10. The Morgan fingerprint density at radius 1 is 1.30 bits per heavy atom. The quantitative estimate of drug-likeness (QED) is 0.516. The summed E-state index contributed by atoms with van der Waals surface area (Å²) in [6.45, 7) is 3.80. The minimum absolute atomic E-state index is 0.0464. The van der Waals surface area contributed by atoms with Crippen LogP contribution in [0.25, 0.3) is 0 Å². The Labute approximate surface area is 115 Å². The molecular formula is C12H18O8. The van der Waals surface area contributed by atoms with Gasteiger partial charge in [0.25, 0.3) is 0 Å². The van der Waals surface area contributed by atoms with Crippen molar-refractivity contribution < 1.29 is 38.4 Å². The van der Waals surface area contributed by atoms with Crippen LogP contribution in [0.4, 0.5) is 0 Å². The molecule has 1 aliphatic heterocycles. The van der Waals surface area contributed by atoms with E-state index in [1.165, 1.54) is 0 Å². The molecule has 0 amide bonds. The van der Waals surface area contributed by atoms with E-state index in [4.69, 9.17) is 18.9 Å². The van der Waals surface area contributed by atoms with Gasteiger partial charge in [-0.15, -0.1) is 0 Å². The highest BCUT2D eigenvalue weighted by Gasteiger charge is 2.42. The Morgan fingerprint density at radius 3 is 2.40 bits per heavy atom. The van der Waals surface area contributed by atoms with E-state index in [0.717, 1.165) is 13.8 Å². The van der Waals surface area contributed by atoms with Crippen LogP contribution in [-0.4, -0.2) is 60.6 Å². The first kappa shape index (κ1) is 16.5. The maximum Gasteiger partial charge on any atom is 0.303 e. The monoisotopic (exact) mass is 290 g/mol. The minimum Gasteiger partial charge on any atom is -0.455 e. The summed E-state index contributed by atoms with van der Waals surface area (Å²) < 4.78 is 20.1. The van der Waals surface area contributed by atoms with E-state index < -0.39 is 42.6 Å². The molecule has 1 fully saturated rings. The molecule has 1 N–H and O–H groups in total. The zero-order valence-corrected chi connectivity index (χ0v) is 11.5. The fourth-order valence-corrected chi connectivity index (χ4v) is 1.85. The lowest BCUT2D eigenvalue weighted by atomic mass is 10.0. The Morgan fingerprint density at radius 2 is 1.90 bits per heavy atom. The normalized spacial score (nSPS) is 29.1. The third-order valence-corrected chi connectivity index (χ3v) is 2.62. The maximum absolute atomic E-state index is 11.1. The van der Waals surface area contributed by atoms with E-state index in [9.17, 15) is 19.5 Å². The van der Waals surface area contributed by atoms with Crippen LogP contribution in [0.3, 0.4) is 0 Å². The first-order chi connectivity index (χ1) is 9.35. The van der Waals surface area contributed by atoms with E-state index in [2.05, 4.69) is 0 Å². The number of carbonyl (C=O) groups is 3. The van der Waals surface area contributed by atoms with Gasteiger partial charge in [0.15, 0.2) is 24.8 Å². The van der Waals surface area contributed by atoms with Crippen molar-refractivity contribution in [3.63, 3.8) is 0 Å². The number of aliphatic hydroxyl groups excluding tert-OH is 1. The summed E-state index contributed by atoms with van der Waals surface area (Å²) in [6, 6.07) is 0. The van der Waals surface area contributed by atoms with Gasteiger partial charge in [-0.2, -0.15) is 0 Å². The molecule has 1 aliphatic rings. The van der Waals surface area contributed by atoms with Crippen molar-refractivity contribution in [1.82, 2.24) is 0 Å². The topological polar surface area (TPSA) is 108 Å². The molecule has 114 valence electrons. The summed E-state index contributed by atoms with van der Waals surface area (Å²) in [5.74, 6) is -1.40. The number of carbonyl (C=O) groups excluding carboxylic acids is 3. The second-order valence-corrected chi connectivity index (χ2v) is 4.35. The molecule has 0 aromatic carbocycles. The molecule has 5 atom stereocenters. The average Bonchev–Trinajstić information content (AvgIpc) is 2.36. The standard InChI is InChI=1S/C12H18O8/c1-6(14)18-10(4-13)12(19-7(2)15)11-9(16)5-17-8(3)20-11/h4,8-12,16H,5H2,1-3H3/t8?,9-,10+,11-,12-/m1/s1. The van der Waals surface area contributed by atoms with Crippen molar-refractivity contribution in [2.45, 2.75) is 51.5 Å². The summed E-state index contributed by atoms with van der Waals surface area (Å²) in [7, 11) is 0. The van der Waals surface area contributed by atoms with Crippen molar-refractivity contribution in [1.29, 1.82) is 0 Å². The predicted octanol–water partition coefficient (Wildman–Crippen LogP) is -0.829. The highest BCUT2D eigenvalue weighted by molar-refractivity contribution is 5.71. The number of ether oxygens (including phenoxy) is 4. The molecule has 1 saturated heterocycles. The molecule has 1 heterocycles. The van der Waals surface area contributed by atoms with Gasteiger partial charge in [0.2, 0.25) is 0 Å². The molecule has 20 heavy (non-hydrogen) atoms. The number of hydrogen-bond donors (Lipinski definition) is 1. The number of aldehydes is 1. The molecule has 0 spiro atoms. The summed E-state index contributed by atoms with van der Waals surface area (Å²) >= 11 is 0. The Bertz CT molecular complexity index is 368. The highest BCUT2D eigenvalue weighted by atomic mass is 16.7. The van der Waals surface area contributed by atoms with Crippen LogP contribution < -0.4 is 0 Å². The number of esters is 2. The molecule has 0 aliphatic carbocycles. The lowest BCUT2D eigenvalue weighted by molar-refractivity contribution is -0.273.